The van der Waals surface area contributed by atoms with Gasteiger partial charge < -0.3 is 10.4 Å². The van der Waals surface area contributed by atoms with Gasteiger partial charge in [0, 0.05) is 24.1 Å². The number of rotatable bonds is 7. The molecular weight excluding hydrogens is 178 g/mol. The SMILES string of the molecule is O=CNCCSC/C=C/C(=O)O. The molecule has 5 heteroatoms. The van der Waals surface area contributed by atoms with E-state index in [2.05, 4.69) is 5.32 Å². The van der Waals surface area contributed by atoms with Gasteiger partial charge >= 0.3 is 5.97 Å². The Morgan fingerprint density at radius 2 is 2.33 bits per heavy atom. The molecule has 0 saturated carbocycles. The van der Waals surface area contributed by atoms with Crippen LogP contribution in [0.3, 0.4) is 0 Å². The monoisotopic (exact) mass is 189 g/mol. The molecular formula is C7H11NO3S. The Morgan fingerprint density at radius 1 is 1.58 bits per heavy atom. The first-order valence-electron chi connectivity index (χ1n) is 3.41. The van der Waals surface area contributed by atoms with Crippen molar-refractivity contribution in [2.24, 2.45) is 0 Å². The van der Waals surface area contributed by atoms with Gasteiger partial charge in [0.25, 0.3) is 0 Å². The third kappa shape index (κ3) is 9.03. The minimum atomic E-state index is -0.929. The van der Waals surface area contributed by atoms with Gasteiger partial charge in [-0.25, -0.2) is 4.79 Å². The summed E-state index contributed by atoms with van der Waals surface area (Å²) < 4.78 is 0. The van der Waals surface area contributed by atoms with Gasteiger partial charge in [0.05, 0.1) is 0 Å². The number of carboxylic acid groups (broad SMARTS) is 1. The second-order valence-electron chi connectivity index (χ2n) is 1.89. The standard InChI is InChI=1S/C7H11NO3S/c9-6-8-3-5-12-4-1-2-7(10)11/h1-2,6H,3-5H2,(H,8,9)(H,10,11)/b2-1+. The number of aliphatic carboxylic acids is 1. The lowest BCUT2D eigenvalue weighted by atomic mass is 10.5. The lowest BCUT2D eigenvalue weighted by Crippen LogP contribution is -2.14. The van der Waals surface area contributed by atoms with E-state index in [1.54, 1.807) is 17.8 Å². The van der Waals surface area contributed by atoms with Crippen LogP contribution in [0.1, 0.15) is 0 Å². The summed E-state index contributed by atoms with van der Waals surface area (Å²) in [7, 11) is 0. The fourth-order valence-corrected chi connectivity index (χ4v) is 1.15. The highest BCUT2D eigenvalue weighted by atomic mass is 32.2. The van der Waals surface area contributed by atoms with Crippen molar-refractivity contribution < 1.29 is 14.7 Å². The zero-order chi connectivity index (χ0) is 9.23. The van der Waals surface area contributed by atoms with Crippen molar-refractivity contribution in [1.82, 2.24) is 5.32 Å². The lowest BCUT2D eigenvalue weighted by Gasteiger charge is -1.95. The molecule has 0 aromatic rings. The van der Waals surface area contributed by atoms with Crippen molar-refractivity contribution >= 4 is 24.1 Å². The largest absolute Gasteiger partial charge is 0.478 e. The van der Waals surface area contributed by atoms with E-state index in [4.69, 9.17) is 5.11 Å². The molecule has 2 N–H and O–H groups in total. The molecule has 0 unspecified atom stereocenters. The highest BCUT2D eigenvalue weighted by Crippen LogP contribution is 1.97. The predicted molar refractivity (Wildman–Crippen MR) is 48.2 cm³/mol. The molecule has 0 aliphatic rings. The molecule has 0 atom stereocenters. The van der Waals surface area contributed by atoms with Gasteiger partial charge in [-0.3, -0.25) is 4.79 Å². The number of carbonyl (C=O) groups excluding carboxylic acids is 1. The number of carboxylic acids is 1. The topological polar surface area (TPSA) is 66.4 Å². The smallest absolute Gasteiger partial charge is 0.328 e. The van der Waals surface area contributed by atoms with Gasteiger partial charge in [0.15, 0.2) is 0 Å². The Labute approximate surface area is 75.0 Å². The van der Waals surface area contributed by atoms with Crippen molar-refractivity contribution in [1.29, 1.82) is 0 Å². The van der Waals surface area contributed by atoms with Crippen LogP contribution in [0.25, 0.3) is 0 Å². The van der Waals surface area contributed by atoms with E-state index < -0.39 is 5.97 Å². The molecule has 0 rings (SSSR count). The van der Waals surface area contributed by atoms with Crippen molar-refractivity contribution in [3.63, 3.8) is 0 Å². The summed E-state index contributed by atoms with van der Waals surface area (Å²) >= 11 is 1.56. The van der Waals surface area contributed by atoms with Crippen LogP contribution in [0.4, 0.5) is 0 Å². The minimum absolute atomic E-state index is 0.620. The van der Waals surface area contributed by atoms with Crippen LogP contribution < -0.4 is 5.32 Å². The summed E-state index contributed by atoms with van der Waals surface area (Å²) in [4.78, 5) is 19.8. The maximum atomic E-state index is 9.98. The van der Waals surface area contributed by atoms with Gasteiger partial charge in [-0.05, 0) is 0 Å². The molecule has 0 saturated heterocycles. The highest BCUT2D eigenvalue weighted by molar-refractivity contribution is 7.99. The molecule has 0 fully saturated rings. The number of hydrogen-bond acceptors (Lipinski definition) is 3. The van der Waals surface area contributed by atoms with Gasteiger partial charge in [0.2, 0.25) is 6.41 Å². The molecule has 1 amide bonds. The summed E-state index contributed by atoms with van der Waals surface area (Å²) in [5, 5.41) is 10.7. The van der Waals surface area contributed by atoms with Crippen molar-refractivity contribution in [2.75, 3.05) is 18.1 Å². The zero-order valence-electron chi connectivity index (χ0n) is 6.53. The third-order valence-electron chi connectivity index (χ3n) is 0.949. The fraction of sp³-hybridized carbons (Fsp3) is 0.429. The first kappa shape index (κ1) is 11.0. The van der Waals surface area contributed by atoms with Crippen LogP contribution in [0.5, 0.6) is 0 Å². The first-order chi connectivity index (χ1) is 5.77. The molecule has 0 aliphatic heterocycles. The van der Waals surface area contributed by atoms with Crippen molar-refractivity contribution in [2.45, 2.75) is 0 Å². The molecule has 0 spiro atoms. The Kier molecular flexibility index (Phi) is 7.47. The summed E-state index contributed by atoms with van der Waals surface area (Å²) in [5.74, 6) is 0.525. The van der Waals surface area contributed by atoms with E-state index in [1.807, 2.05) is 0 Å². The zero-order valence-corrected chi connectivity index (χ0v) is 7.34. The minimum Gasteiger partial charge on any atom is -0.478 e. The molecule has 12 heavy (non-hydrogen) atoms. The Morgan fingerprint density at radius 3 is 2.92 bits per heavy atom. The molecule has 0 radical (unpaired) electrons. The molecule has 4 nitrogen and oxygen atoms in total. The summed E-state index contributed by atoms with van der Waals surface area (Å²) in [5.41, 5.74) is 0. The first-order valence-corrected chi connectivity index (χ1v) is 4.57. The fourth-order valence-electron chi connectivity index (χ4n) is 0.490. The Balaban J connectivity index is 3.10. The second-order valence-corrected chi connectivity index (χ2v) is 3.04. The van der Waals surface area contributed by atoms with Crippen LogP contribution in [-0.2, 0) is 9.59 Å². The van der Waals surface area contributed by atoms with Gasteiger partial charge in [-0.15, -0.1) is 0 Å². The maximum Gasteiger partial charge on any atom is 0.328 e. The highest BCUT2D eigenvalue weighted by Gasteiger charge is 1.86. The Bertz CT molecular complexity index is 170. The van der Waals surface area contributed by atoms with Crippen LogP contribution in [0, 0.1) is 0 Å². The molecule has 0 aromatic heterocycles. The second kappa shape index (κ2) is 8.13. The quantitative estimate of drug-likeness (QED) is 0.339. The number of thioether (sulfide) groups is 1. The van der Waals surface area contributed by atoms with E-state index in [0.29, 0.717) is 18.7 Å². The van der Waals surface area contributed by atoms with E-state index in [1.165, 1.54) is 0 Å². The average Bonchev–Trinajstić information content (AvgIpc) is 2.02. The average molecular weight is 189 g/mol. The molecule has 0 aromatic carbocycles. The van der Waals surface area contributed by atoms with Crippen LogP contribution in [0.2, 0.25) is 0 Å². The number of nitrogens with one attached hydrogen (secondary N) is 1. The number of hydrogen-bond donors (Lipinski definition) is 2. The van der Waals surface area contributed by atoms with Crippen molar-refractivity contribution in [3.8, 4) is 0 Å². The van der Waals surface area contributed by atoms with Gasteiger partial charge in [-0.2, -0.15) is 11.8 Å². The molecule has 0 heterocycles. The normalized spacial score (nSPS) is 10.0. The van der Waals surface area contributed by atoms with Crippen molar-refractivity contribution in [3.05, 3.63) is 12.2 Å². The number of amides is 1. The van der Waals surface area contributed by atoms with E-state index in [0.717, 1.165) is 11.8 Å². The number of carbonyl (C=O) groups is 2. The van der Waals surface area contributed by atoms with Gasteiger partial charge in [0.1, 0.15) is 0 Å². The maximum absolute atomic E-state index is 9.98. The third-order valence-corrected chi connectivity index (χ3v) is 1.87. The summed E-state index contributed by atoms with van der Waals surface area (Å²) in [6.45, 7) is 0.620. The lowest BCUT2D eigenvalue weighted by molar-refractivity contribution is -0.131. The van der Waals surface area contributed by atoms with Gasteiger partial charge in [-0.1, -0.05) is 6.08 Å². The molecule has 68 valence electrons. The summed E-state index contributed by atoms with van der Waals surface area (Å²) in [6.07, 6.45) is 3.34. The predicted octanol–water partition coefficient (Wildman–Crippen LogP) is 0.106. The van der Waals surface area contributed by atoms with E-state index in [-0.39, 0.29) is 0 Å². The van der Waals surface area contributed by atoms with E-state index >= 15 is 0 Å². The Hall–Kier alpha value is -0.970. The molecule has 0 aliphatic carbocycles. The van der Waals surface area contributed by atoms with Crippen LogP contribution in [-0.4, -0.2) is 35.5 Å². The van der Waals surface area contributed by atoms with Crippen LogP contribution in [0.15, 0.2) is 12.2 Å². The summed E-state index contributed by atoms with van der Waals surface area (Å²) in [6, 6.07) is 0. The van der Waals surface area contributed by atoms with E-state index in [9.17, 15) is 9.59 Å². The molecule has 0 bridgehead atoms. The van der Waals surface area contributed by atoms with Crippen LogP contribution >= 0.6 is 11.8 Å².